The lowest BCUT2D eigenvalue weighted by Gasteiger charge is -2.29. The van der Waals surface area contributed by atoms with Crippen molar-refractivity contribution in [3.63, 3.8) is 0 Å². The smallest absolute Gasteiger partial charge is 0.266 e. The van der Waals surface area contributed by atoms with Crippen LogP contribution in [0.2, 0.25) is 0 Å². The van der Waals surface area contributed by atoms with Crippen LogP contribution in [0.5, 0.6) is 0 Å². The number of amides is 2. The molecular weight excluding hydrogens is 444 g/mol. The molecule has 150 valence electrons. The van der Waals surface area contributed by atoms with Crippen molar-refractivity contribution in [2.75, 3.05) is 9.96 Å². The fourth-order valence-electron chi connectivity index (χ4n) is 4.26. The van der Waals surface area contributed by atoms with Gasteiger partial charge in [0.25, 0.3) is 5.91 Å². The Morgan fingerprint density at radius 3 is 2.30 bits per heavy atom. The highest BCUT2D eigenvalue weighted by Gasteiger charge is 2.60. The molecule has 5 rings (SSSR count). The number of nitrogens with zero attached hydrogens (tertiary/aromatic N) is 2. The standard InChI is InChI=1S/C24H19BrN2O3/c1-15-7-5-12-19(13-15)26-23(28)20-21(16-8-6-9-17(25)14-16)27(30-22(20)24(26)29)18-10-3-2-4-11-18/h2-14,20-22H,1H3/t20-,21+,22+/m1/s1. The largest absolute Gasteiger partial charge is 0.273 e. The molecule has 30 heavy (non-hydrogen) atoms. The molecule has 2 fully saturated rings. The molecule has 0 aromatic heterocycles. The molecule has 0 bridgehead atoms. The van der Waals surface area contributed by atoms with Crippen molar-refractivity contribution < 1.29 is 14.4 Å². The molecule has 3 aromatic carbocycles. The number of hydroxylamine groups is 1. The summed E-state index contributed by atoms with van der Waals surface area (Å²) in [4.78, 5) is 34.2. The summed E-state index contributed by atoms with van der Waals surface area (Å²) in [7, 11) is 0. The number of para-hydroxylation sites is 1. The Balaban J connectivity index is 1.60. The van der Waals surface area contributed by atoms with E-state index in [-0.39, 0.29) is 11.8 Å². The van der Waals surface area contributed by atoms with E-state index in [0.717, 1.165) is 21.3 Å². The molecule has 2 saturated heterocycles. The fourth-order valence-corrected chi connectivity index (χ4v) is 4.68. The molecule has 6 heteroatoms. The third-order valence-electron chi connectivity index (χ3n) is 5.58. The second kappa shape index (κ2) is 7.38. The summed E-state index contributed by atoms with van der Waals surface area (Å²) in [6.07, 6.45) is -0.859. The Labute approximate surface area is 183 Å². The minimum absolute atomic E-state index is 0.237. The Bertz CT molecular complexity index is 1130. The molecule has 0 spiro atoms. The number of carbonyl (C=O) groups is 2. The first-order valence-electron chi connectivity index (χ1n) is 9.75. The van der Waals surface area contributed by atoms with Gasteiger partial charge in [-0.2, -0.15) is 0 Å². The summed E-state index contributed by atoms with van der Waals surface area (Å²) in [5.74, 6) is -1.19. The monoisotopic (exact) mass is 462 g/mol. The van der Waals surface area contributed by atoms with Crippen LogP contribution < -0.4 is 9.96 Å². The lowest BCUT2D eigenvalue weighted by Crippen LogP contribution is -2.37. The van der Waals surface area contributed by atoms with Crippen LogP contribution in [-0.4, -0.2) is 17.9 Å². The molecule has 0 saturated carbocycles. The second-order valence-corrected chi connectivity index (χ2v) is 8.48. The zero-order valence-corrected chi connectivity index (χ0v) is 17.8. The molecule has 3 atom stereocenters. The summed E-state index contributed by atoms with van der Waals surface area (Å²) in [6.45, 7) is 1.94. The predicted molar refractivity (Wildman–Crippen MR) is 118 cm³/mol. The normalized spacial score (nSPS) is 23.2. The first-order chi connectivity index (χ1) is 14.5. The van der Waals surface area contributed by atoms with Crippen LogP contribution in [0.1, 0.15) is 17.2 Å². The van der Waals surface area contributed by atoms with Crippen molar-refractivity contribution in [2.24, 2.45) is 5.92 Å². The number of halogens is 1. The van der Waals surface area contributed by atoms with E-state index in [9.17, 15) is 9.59 Å². The molecule has 0 radical (unpaired) electrons. The zero-order valence-electron chi connectivity index (χ0n) is 16.2. The SMILES string of the molecule is Cc1cccc(N2C(=O)[C@H]3[C@H](ON(c4ccccc4)[C@H]3c3cccc(Br)c3)C2=O)c1. The summed E-state index contributed by atoms with van der Waals surface area (Å²) < 4.78 is 0.906. The van der Waals surface area contributed by atoms with E-state index in [4.69, 9.17) is 4.84 Å². The Morgan fingerprint density at radius 2 is 1.57 bits per heavy atom. The van der Waals surface area contributed by atoms with E-state index in [0.29, 0.717) is 5.69 Å². The number of aryl methyl sites for hydroxylation is 1. The first kappa shape index (κ1) is 19.0. The van der Waals surface area contributed by atoms with Gasteiger partial charge in [-0.25, -0.2) is 9.96 Å². The fraction of sp³-hybridized carbons (Fsp3) is 0.167. The van der Waals surface area contributed by atoms with Crippen LogP contribution in [0.3, 0.4) is 0 Å². The van der Waals surface area contributed by atoms with Crippen molar-refractivity contribution in [3.8, 4) is 0 Å². The minimum atomic E-state index is -0.859. The molecule has 2 aliphatic heterocycles. The maximum atomic E-state index is 13.5. The highest BCUT2D eigenvalue weighted by atomic mass is 79.9. The van der Waals surface area contributed by atoms with Gasteiger partial charge in [0.1, 0.15) is 5.92 Å². The summed E-state index contributed by atoms with van der Waals surface area (Å²) in [6, 6.07) is 24.4. The van der Waals surface area contributed by atoms with Gasteiger partial charge in [0.2, 0.25) is 5.91 Å². The van der Waals surface area contributed by atoms with E-state index in [1.165, 1.54) is 4.90 Å². The molecular formula is C24H19BrN2O3. The van der Waals surface area contributed by atoms with Crippen molar-refractivity contribution in [1.29, 1.82) is 0 Å². The topological polar surface area (TPSA) is 49.9 Å². The zero-order chi connectivity index (χ0) is 20.8. The third kappa shape index (κ3) is 3.04. The van der Waals surface area contributed by atoms with E-state index in [1.54, 1.807) is 11.1 Å². The van der Waals surface area contributed by atoms with Gasteiger partial charge in [-0.05, 0) is 54.4 Å². The molecule has 0 N–H and O–H groups in total. The van der Waals surface area contributed by atoms with Gasteiger partial charge in [0, 0.05) is 4.47 Å². The van der Waals surface area contributed by atoms with Crippen LogP contribution in [0.25, 0.3) is 0 Å². The Hall–Kier alpha value is -2.96. The predicted octanol–water partition coefficient (Wildman–Crippen LogP) is 4.81. The van der Waals surface area contributed by atoms with Gasteiger partial charge in [-0.1, -0.05) is 58.4 Å². The van der Waals surface area contributed by atoms with E-state index < -0.39 is 18.1 Å². The Morgan fingerprint density at radius 1 is 0.833 bits per heavy atom. The molecule has 5 nitrogen and oxygen atoms in total. The number of imide groups is 1. The van der Waals surface area contributed by atoms with Crippen LogP contribution >= 0.6 is 15.9 Å². The number of fused-ring (bicyclic) bond motifs is 1. The van der Waals surface area contributed by atoms with Gasteiger partial charge >= 0.3 is 0 Å². The van der Waals surface area contributed by atoms with E-state index in [2.05, 4.69) is 15.9 Å². The average Bonchev–Trinajstić information content (AvgIpc) is 3.25. The number of hydrogen-bond acceptors (Lipinski definition) is 4. The van der Waals surface area contributed by atoms with Crippen molar-refractivity contribution in [3.05, 3.63) is 94.5 Å². The number of rotatable bonds is 3. The van der Waals surface area contributed by atoms with Crippen molar-refractivity contribution in [1.82, 2.24) is 0 Å². The maximum Gasteiger partial charge on any atom is 0.266 e. The van der Waals surface area contributed by atoms with Crippen LogP contribution in [0, 0.1) is 12.8 Å². The lowest BCUT2D eigenvalue weighted by atomic mass is 9.90. The van der Waals surface area contributed by atoms with E-state index in [1.807, 2.05) is 79.7 Å². The molecule has 3 aromatic rings. The van der Waals surface area contributed by atoms with Gasteiger partial charge in [0.05, 0.1) is 17.4 Å². The third-order valence-corrected chi connectivity index (χ3v) is 6.07. The molecule has 2 amide bonds. The van der Waals surface area contributed by atoms with Crippen LogP contribution in [-0.2, 0) is 14.4 Å². The summed E-state index contributed by atoms with van der Waals surface area (Å²) in [5, 5.41) is 1.71. The quantitative estimate of drug-likeness (QED) is 0.524. The number of hydrogen-bond donors (Lipinski definition) is 0. The lowest BCUT2D eigenvalue weighted by molar-refractivity contribution is -0.126. The number of carbonyl (C=O) groups excluding carboxylic acids is 2. The van der Waals surface area contributed by atoms with Crippen molar-refractivity contribution in [2.45, 2.75) is 19.1 Å². The van der Waals surface area contributed by atoms with Gasteiger partial charge in [0.15, 0.2) is 6.10 Å². The highest BCUT2D eigenvalue weighted by molar-refractivity contribution is 9.10. The molecule has 0 unspecified atom stereocenters. The average molecular weight is 463 g/mol. The van der Waals surface area contributed by atoms with Gasteiger partial charge < -0.3 is 0 Å². The van der Waals surface area contributed by atoms with Crippen LogP contribution in [0.15, 0.2) is 83.3 Å². The Kier molecular flexibility index (Phi) is 4.68. The molecule has 2 heterocycles. The summed E-state index contributed by atoms with van der Waals surface area (Å²) >= 11 is 3.52. The summed E-state index contributed by atoms with van der Waals surface area (Å²) in [5.41, 5.74) is 3.29. The second-order valence-electron chi connectivity index (χ2n) is 7.56. The first-order valence-corrected chi connectivity index (χ1v) is 10.5. The number of anilines is 2. The van der Waals surface area contributed by atoms with Crippen molar-refractivity contribution >= 4 is 39.1 Å². The van der Waals surface area contributed by atoms with E-state index >= 15 is 0 Å². The van der Waals surface area contributed by atoms with Crippen LogP contribution in [0.4, 0.5) is 11.4 Å². The minimum Gasteiger partial charge on any atom is -0.273 e. The number of benzene rings is 3. The molecule has 0 aliphatic carbocycles. The molecule has 2 aliphatic rings. The van der Waals surface area contributed by atoms with Gasteiger partial charge in [-0.15, -0.1) is 0 Å². The van der Waals surface area contributed by atoms with Gasteiger partial charge in [-0.3, -0.25) is 14.4 Å². The maximum absolute atomic E-state index is 13.5. The highest BCUT2D eigenvalue weighted by Crippen LogP contribution is 2.47.